The lowest BCUT2D eigenvalue weighted by Crippen LogP contribution is -2.40. The SMILES string of the molecule is Cc1ccccc1CNC(=O)c1cncc(C(=O)N2CCOCC2)c1. The molecule has 3 rings (SSSR count). The fourth-order valence-corrected chi connectivity index (χ4v) is 2.72. The number of amides is 2. The Labute approximate surface area is 146 Å². The smallest absolute Gasteiger partial charge is 0.255 e. The number of nitrogens with zero attached hydrogens (tertiary/aromatic N) is 2. The molecule has 6 heteroatoms. The van der Waals surface area contributed by atoms with Crippen LogP contribution in [-0.4, -0.2) is 48.0 Å². The Morgan fingerprint density at radius 2 is 1.88 bits per heavy atom. The van der Waals surface area contributed by atoms with E-state index in [0.717, 1.165) is 11.1 Å². The summed E-state index contributed by atoms with van der Waals surface area (Å²) < 4.78 is 5.26. The quantitative estimate of drug-likeness (QED) is 0.922. The minimum absolute atomic E-state index is 0.121. The zero-order valence-corrected chi connectivity index (χ0v) is 14.2. The molecule has 1 aliphatic heterocycles. The van der Waals surface area contributed by atoms with Crippen molar-refractivity contribution >= 4 is 11.8 Å². The number of aryl methyl sites for hydroxylation is 1. The minimum atomic E-state index is -0.243. The number of hydrogen-bond donors (Lipinski definition) is 1. The van der Waals surface area contributed by atoms with Gasteiger partial charge in [0, 0.05) is 32.0 Å². The number of benzene rings is 1. The third-order valence-corrected chi connectivity index (χ3v) is 4.25. The highest BCUT2D eigenvalue weighted by molar-refractivity contribution is 5.99. The van der Waals surface area contributed by atoms with Gasteiger partial charge in [0.05, 0.1) is 24.3 Å². The Morgan fingerprint density at radius 3 is 2.64 bits per heavy atom. The molecule has 1 N–H and O–H groups in total. The lowest BCUT2D eigenvalue weighted by molar-refractivity contribution is 0.0302. The molecule has 0 saturated carbocycles. The van der Waals surface area contributed by atoms with E-state index in [9.17, 15) is 9.59 Å². The first-order chi connectivity index (χ1) is 12.1. The zero-order chi connectivity index (χ0) is 17.6. The number of morpholine rings is 1. The largest absolute Gasteiger partial charge is 0.378 e. The van der Waals surface area contributed by atoms with Gasteiger partial charge in [-0.25, -0.2) is 0 Å². The van der Waals surface area contributed by atoms with Crippen LogP contribution in [0.2, 0.25) is 0 Å². The highest BCUT2D eigenvalue weighted by Crippen LogP contribution is 2.10. The molecule has 0 unspecified atom stereocenters. The van der Waals surface area contributed by atoms with Gasteiger partial charge < -0.3 is 15.0 Å². The monoisotopic (exact) mass is 339 g/mol. The van der Waals surface area contributed by atoms with Crippen molar-refractivity contribution in [3.63, 3.8) is 0 Å². The molecule has 0 bridgehead atoms. The van der Waals surface area contributed by atoms with E-state index in [-0.39, 0.29) is 11.8 Å². The van der Waals surface area contributed by atoms with E-state index >= 15 is 0 Å². The highest BCUT2D eigenvalue weighted by atomic mass is 16.5. The second-order valence-corrected chi connectivity index (χ2v) is 5.98. The van der Waals surface area contributed by atoms with Gasteiger partial charge in [0.15, 0.2) is 0 Å². The molecule has 1 aromatic carbocycles. The summed E-state index contributed by atoms with van der Waals surface area (Å²) in [4.78, 5) is 30.7. The molecule has 1 saturated heterocycles. The van der Waals surface area contributed by atoms with Crippen LogP contribution in [0.25, 0.3) is 0 Å². The van der Waals surface area contributed by atoms with Gasteiger partial charge >= 0.3 is 0 Å². The lowest BCUT2D eigenvalue weighted by atomic mass is 10.1. The van der Waals surface area contributed by atoms with Crippen LogP contribution in [0.3, 0.4) is 0 Å². The molecule has 0 aliphatic carbocycles. The zero-order valence-electron chi connectivity index (χ0n) is 14.2. The summed E-state index contributed by atoms with van der Waals surface area (Å²) in [5.74, 6) is -0.364. The summed E-state index contributed by atoms with van der Waals surface area (Å²) in [6, 6.07) is 9.48. The van der Waals surface area contributed by atoms with E-state index in [2.05, 4.69) is 10.3 Å². The van der Waals surface area contributed by atoms with Gasteiger partial charge in [0.2, 0.25) is 0 Å². The summed E-state index contributed by atoms with van der Waals surface area (Å²) in [5, 5.41) is 2.88. The fourth-order valence-electron chi connectivity index (χ4n) is 2.72. The second-order valence-electron chi connectivity index (χ2n) is 5.98. The number of pyridine rings is 1. The Hall–Kier alpha value is -2.73. The maximum Gasteiger partial charge on any atom is 0.255 e. The number of nitrogens with one attached hydrogen (secondary N) is 1. The van der Waals surface area contributed by atoms with Crippen LogP contribution in [0.15, 0.2) is 42.7 Å². The molecule has 25 heavy (non-hydrogen) atoms. The molecule has 2 amide bonds. The average molecular weight is 339 g/mol. The molecule has 1 aliphatic rings. The predicted octanol–water partition coefficient (Wildman–Crippen LogP) is 1.79. The number of carbonyl (C=O) groups excluding carboxylic acids is 2. The van der Waals surface area contributed by atoms with E-state index in [4.69, 9.17) is 4.74 Å². The molecular formula is C19H21N3O3. The molecule has 1 fully saturated rings. The molecule has 130 valence electrons. The Balaban J connectivity index is 1.67. The molecule has 6 nitrogen and oxygen atoms in total. The van der Waals surface area contributed by atoms with Crippen molar-refractivity contribution < 1.29 is 14.3 Å². The second kappa shape index (κ2) is 7.90. The summed E-state index contributed by atoms with van der Waals surface area (Å²) in [6.07, 6.45) is 2.97. The van der Waals surface area contributed by atoms with Crippen LogP contribution in [0.1, 0.15) is 31.8 Å². The van der Waals surface area contributed by atoms with Crippen LogP contribution in [0.5, 0.6) is 0 Å². The summed E-state index contributed by atoms with van der Waals surface area (Å²) in [6.45, 7) is 4.63. The van der Waals surface area contributed by atoms with Gasteiger partial charge in [-0.3, -0.25) is 14.6 Å². The topological polar surface area (TPSA) is 71.5 Å². The van der Waals surface area contributed by atoms with E-state index in [1.165, 1.54) is 12.4 Å². The summed E-state index contributed by atoms with van der Waals surface area (Å²) >= 11 is 0. The molecule has 2 aromatic rings. The first kappa shape index (κ1) is 17.1. The molecule has 0 atom stereocenters. The third kappa shape index (κ3) is 4.22. The number of carbonyl (C=O) groups is 2. The minimum Gasteiger partial charge on any atom is -0.378 e. The molecule has 2 heterocycles. The van der Waals surface area contributed by atoms with E-state index in [1.807, 2.05) is 31.2 Å². The van der Waals surface area contributed by atoms with Gasteiger partial charge in [0.25, 0.3) is 11.8 Å². The lowest BCUT2D eigenvalue weighted by Gasteiger charge is -2.26. The fraction of sp³-hybridized carbons (Fsp3) is 0.316. The van der Waals surface area contributed by atoms with Crippen molar-refractivity contribution in [2.45, 2.75) is 13.5 Å². The maximum absolute atomic E-state index is 12.5. The van der Waals surface area contributed by atoms with Crippen LogP contribution in [0.4, 0.5) is 0 Å². The van der Waals surface area contributed by atoms with Crippen molar-refractivity contribution in [2.75, 3.05) is 26.3 Å². The molecule has 0 radical (unpaired) electrons. The first-order valence-electron chi connectivity index (χ1n) is 8.30. The summed E-state index contributed by atoms with van der Waals surface area (Å²) in [5.41, 5.74) is 2.99. The normalized spacial score (nSPS) is 14.2. The standard InChI is InChI=1S/C19H21N3O3/c1-14-4-2-3-5-15(14)13-21-18(23)16-10-17(12-20-11-16)19(24)22-6-8-25-9-7-22/h2-5,10-12H,6-9,13H2,1H3,(H,21,23). The summed E-state index contributed by atoms with van der Waals surface area (Å²) in [7, 11) is 0. The van der Waals surface area contributed by atoms with E-state index < -0.39 is 0 Å². The van der Waals surface area contributed by atoms with Gasteiger partial charge in [-0.15, -0.1) is 0 Å². The number of ether oxygens (including phenoxy) is 1. The van der Waals surface area contributed by atoms with Crippen molar-refractivity contribution in [1.29, 1.82) is 0 Å². The van der Waals surface area contributed by atoms with Crippen molar-refractivity contribution in [3.05, 3.63) is 65.0 Å². The predicted molar refractivity (Wildman–Crippen MR) is 93.3 cm³/mol. The van der Waals surface area contributed by atoms with E-state index in [0.29, 0.717) is 44.0 Å². The van der Waals surface area contributed by atoms with Crippen molar-refractivity contribution in [3.8, 4) is 0 Å². The maximum atomic E-state index is 12.5. The first-order valence-corrected chi connectivity index (χ1v) is 8.30. The molecule has 0 spiro atoms. The Kier molecular flexibility index (Phi) is 5.40. The number of aromatic nitrogens is 1. The highest BCUT2D eigenvalue weighted by Gasteiger charge is 2.20. The molecule has 1 aromatic heterocycles. The van der Waals surface area contributed by atoms with E-state index in [1.54, 1.807) is 11.0 Å². The Bertz CT molecular complexity index is 770. The Morgan fingerprint density at radius 1 is 1.16 bits per heavy atom. The van der Waals surface area contributed by atoms with Crippen molar-refractivity contribution in [2.24, 2.45) is 0 Å². The van der Waals surface area contributed by atoms with Gasteiger partial charge in [-0.2, -0.15) is 0 Å². The third-order valence-electron chi connectivity index (χ3n) is 4.25. The average Bonchev–Trinajstić information content (AvgIpc) is 2.67. The van der Waals surface area contributed by atoms with Crippen LogP contribution in [-0.2, 0) is 11.3 Å². The number of hydrogen-bond acceptors (Lipinski definition) is 4. The van der Waals surface area contributed by atoms with Crippen LogP contribution < -0.4 is 5.32 Å². The van der Waals surface area contributed by atoms with Crippen molar-refractivity contribution in [1.82, 2.24) is 15.2 Å². The van der Waals surface area contributed by atoms with Crippen LogP contribution >= 0.6 is 0 Å². The van der Waals surface area contributed by atoms with Gasteiger partial charge in [-0.1, -0.05) is 24.3 Å². The van der Waals surface area contributed by atoms with Crippen LogP contribution in [0, 0.1) is 6.92 Å². The van der Waals surface area contributed by atoms with Gasteiger partial charge in [0.1, 0.15) is 0 Å². The number of rotatable bonds is 4. The molecular weight excluding hydrogens is 318 g/mol. The van der Waals surface area contributed by atoms with Gasteiger partial charge in [-0.05, 0) is 24.1 Å².